The predicted molar refractivity (Wildman–Crippen MR) is 53.5 cm³/mol. The standard InChI is InChI=1S/C9H8FN3O3/c1-12-9(14)15-7-3-6-4(2-5(7)10)8(11)13-16-6/h2-3H,1H3,(H2,11,13)(H,12,14). The Balaban J connectivity index is 2.46. The van der Waals surface area contributed by atoms with Gasteiger partial charge in [0.15, 0.2) is 23.0 Å². The van der Waals surface area contributed by atoms with Gasteiger partial charge < -0.3 is 20.3 Å². The highest BCUT2D eigenvalue weighted by Crippen LogP contribution is 2.28. The molecular formula is C9H8FN3O3. The highest BCUT2D eigenvalue weighted by atomic mass is 19.1. The van der Waals surface area contributed by atoms with E-state index in [1.165, 1.54) is 13.1 Å². The third kappa shape index (κ3) is 1.62. The molecule has 1 heterocycles. The summed E-state index contributed by atoms with van der Waals surface area (Å²) >= 11 is 0. The third-order valence-corrected chi connectivity index (χ3v) is 1.96. The van der Waals surface area contributed by atoms with E-state index in [1.807, 2.05) is 0 Å². The number of carbonyl (C=O) groups excluding carboxylic acids is 1. The van der Waals surface area contributed by atoms with Crippen LogP contribution in [0.3, 0.4) is 0 Å². The second-order valence-corrected chi connectivity index (χ2v) is 2.99. The van der Waals surface area contributed by atoms with E-state index in [4.69, 9.17) is 10.3 Å². The maximum atomic E-state index is 13.4. The molecule has 0 atom stereocenters. The number of nitrogen functional groups attached to an aromatic ring is 1. The molecule has 84 valence electrons. The van der Waals surface area contributed by atoms with Crippen LogP contribution in [0.5, 0.6) is 5.75 Å². The molecule has 6 nitrogen and oxygen atoms in total. The number of amides is 1. The maximum absolute atomic E-state index is 13.4. The van der Waals surface area contributed by atoms with E-state index in [9.17, 15) is 9.18 Å². The molecule has 0 aliphatic heterocycles. The third-order valence-electron chi connectivity index (χ3n) is 1.96. The van der Waals surface area contributed by atoms with Crippen LogP contribution in [0, 0.1) is 5.82 Å². The molecule has 3 N–H and O–H groups in total. The fraction of sp³-hybridized carbons (Fsp3) is 0.111. The average molecular weight is 225 g/mol. The second kappa shape index (κ2) is 3.69. The van der Waals surface area contributed by atoms with Gasteiger partial charge in [-0.3, -0.25) is 0 Å². The van der Waals surface area contributed by atoms with Crippen LogP contribution in [0.25, 0.3) is 11.0 Å². The van der Waals surface area contributed by atoms with Crippen LogP contribution in [0.15, 0.2) is 16.7 Å². The van der Waals surface area contributed by atoms with Crippen LogP contribution in [-0.4, -0.2) is 18.3 Å². The number of anilines is 1. The Kier molecular flexibility index (Phi) is 2.35. The summed E-state index contributed by atoms with van der Waals surface area (Å²) in [5.74, 6) is -0.880. The van der Waals surface area contributed by atoms with Crippen LogP contribution >= 0.6 is 0 Å². The number of carbonyl (C=O) groups is 1. The van der Waals surface area contributed by atoms with Crippen molar-refractivity contribution in [2.24, 2.45) is 0 Å². The smallest absolute Gasteiger partial charge is 0.407 e. The Morgan fingerprint density at radius 1 is 1.62 bits per heavy atom. The van der Waals surface area contributed by atoms with E-state index in [0.717, 1.165) is 6.07 Å². The number of rotatable bonds is 1. The minimum absolute atomic E-state index is 0.0837. The molecule has 1 aromatic heterocycles. The van der Waals surface area contributed by atoms with Crippen molar-refractivity contribution >= 4 is 22.9 Å². The number of aromatic nitrogens is 1. The molecule has 0 saturated heterocycles. The number of nitrogens with one attached hydrogen (secondary N) is 1. The Morgan fingerprint density at radius 3 is 3.06 bits per heavy atom. The zero-order valence-electron chi connectivity index (χ0n) is 8.28. The van der Waals surface area contributed by atoms with Gasteiger partial charge in [0.2, 0.25) is 0 Å². The molecule has 0 spiro atoms. The summed E-state index contributed by atoms with van der Waals surface area (Å²) in [6.45, 7) is 0. The van der Waals surface area contributed by atoms with Gasteiger partial charge >= 0.3 is 6.09 Å². The Morgan fingerprint density at radius 2 is 2.38 bits per heavy atom. The Hall–Kier alpha value is -2.31. The van der Waals surface area contributed by atoms with Crippen molar-refractivity contribution in [3.05, 3.63) is 17.9 Å². The molecule has 7 heteroatoms. The molecule has 0 unspecified atom stereocenters. The molecule has 0 saturated carbocycles. The Bertz CT molecular complexity index is 552. The van der Waals surface area contributed by atoms with Crippen LogP contribution in [0.1, 0.15) is 0 Å². The van der Waals surface area contributed by atoms with Crippen molar-refractivity contribution in [3.8, 4) is 5.75 Å². The number of nitrogens with zero attached hydrogens (tertiary/aromatic N) is 1. The minimum Gasteiger partial charge on any atom is -0.407 e. The van der Waals surface area contributed by atoms with E-state index in [0.29, 0.717) is 5.39 Å². The zero-order chi connectivity index (χ0) is 11.7. The minimum atomic E-state index is -0.772. The highest BCUT2D eigenvalue weighted by Gasteiger charge is 2.14. The summed E-state index contributed by atoms with van der Waals surface area (Å²) in [6.07, 6.45) is -0.772. The van der Waals surface area contributed by atoms with Crippen molar-refractivity contribution in [2.45, 2.75) is 0 Å². The molecule has 1 amide bonds. The first-order valence-corrected chi connectivity index (χ1v) is 4.36. The van der Waals surface area contributed by atoms with Crippen LogP contribution < -0.4 is 15.8 Å². The normalized spacial score (nSPS) is 10.4. The van der Waals surface area contributed by atoms with E-state index in [1.54, 1.807) is 0 Å². The number of hydrogen-bond donors (Lipinski definition) is 2. The second-order valence-electron chi connectivity index (χ2n) is 2.99. The van der Waals surface area contributed by atoms with E-state index in [2.05, 4.69) is 15.2 Å². The van der Waals surface area contributed by atoms with Crippen LogP contribution in [-0.2, 0) is 0 Å². The summed E-state index contributed by atoms with van der Waals surface area (Å²) < 4.78 is 22.9. The molecular weight excluding hydrogens is 217 g/mol. The fourth-order valence-electron chi connectivity index (χ4n) is 1.19. The molecule has 16 heavy (non-hydrogen) atoms. The summed E-state index contributed by atoms with van der Waals surface area (Å²) in [5, 5.41) is 5.99. The number of hydrogen-bond acceptors (Lipinski definition) is 5. The molecule has 2 aromatic rings. The van der Waals surface area contributed by atoms with Crippen LogP contribution in [0.2, 0.25) is 0 Å². The van der Waals surface area contributed by atoms with Crippen LogP contribution in [0.4, 0.5) is 15.0 Å². The van der Waals surface area contributed by atoms with Crippen molar-refractivity contribution in [1.29, 1.82) is 0 Å². The molecule has 0 aliphatic carbocycles. The SMILES string of the molecule is CNC(=O)Oc1cc2onc(N)c2cc1F. The lowest BCUT2D eigenvalue weighted by Crippen LogP contribution is -2.22. The topological polar surface area (TPSA) is 90.4 Å². The molecule has 0 bridgehead atoms. The summed E-state index contributed by atoms with van der Waals surface area (Å²) in [5.41, 5.74) is 5.68. The van der Waals surface area contributed by atoms with Gasteiger partial charge in [-0.1, -0.05) is 5.16 Å². The first-order chi connectivity index (χ1) is 7.61. The first-order valence-electron chi connectivity index (χ1n) is 4.36. The van der Waals surface area contributed by atoms with E-state index >= 15 is 0 Å². The monoisotopic (exact) mass is 225 g/mol. The fourth-order valence-corrected chi connectivity index (χ4v) is 1.19. The highest BCUT2D eigenvalue weighted by molar-refractivity contribution is 5.88. The number of halogens is 1. The molecule has 1 aromatic carbocycles. The molecule has 0 fully saturated rings. The van der Waals surface area contributed by atoms with Crippen molar-refractivity contribution < 1.29 is 18.4 Å². The van der Waals surface area contributed by atoms with Gasteiger partial charge in [0.25, 0.3) is 0 Å². The maximum Gasteiger partial charge on any atom is 0.412 e. The number of benzene rings is 1. The average Bonchev–Trinajstić information content (AvgIpc) is 2.61. The van der Waals surface area contributed by atoms with Gasteiger partial charge in [-0.05, 0) is 6.07 Å². The van der Waals surface area contributed by atoms with Gasteiger partial charge in [0.1, 0.15) is 0 Å². The Labute approximate surface area is 89.1 Å². The lowest BCUT2D eigenvalue weighted by Gasteiger charge is -2.03. The van der Waals surface area contributed by atoms with Gasteiger partial charge in [-0.25, -0.2) is 9.18 Å². The largest absolute Gasteiger partial charge is 0.412 e. The number of ether oxygens (including phenoxy) is 1. The first kappa shape index (κ1) is 10.2. The number of nitrogens with two attached hydrogens (primary N) is 1. The van der Waals surface area contributed by atoms with E-state index in [-0.39, 0.29) is 17.2 Å². The quantitative estimate of drug-likeness (QED) is 0.762. The molecule has 0 radical (unpaired) electrons. The number of fused-ring (bicyclic) bond motifs is 1. The van der Waals surface area contributed by atoms with Gasteiger partial charge in [-0.2, -0.15) is 0 Å². The van der Waals surface area contributed by atoms with Gasteiger partial charge in [0.05, 0.1) is 5.39 Å². The van der Waals surface area contributed by atoms with Crippen molar-refractivity contribution in [3.63, 3.8) is 0 Å². The summed E-state index contributed by atoms with van der Waals surface area (Å²) in [7, 11) is 1.37. The van der Waals surface area contributed by atoms with Crippen molar-refractivity contribution in [2.75, 3.05) is 12.8 Å². The molecule has 2 rings (SSSR count). The predicted octanol–water partition coefficient (Wildman–Crippen LogP) is 1.27. The summed E-state index contributed by atoms with van der Waals surface area (Å²) in [6, 6.07) is 2.31. The lowest BCUT2D eigenvalue weighted by molar-refractivity contribution is 0.201. The molecule has 0 aliphatic rings. The van der Waals surface area contributed by atoms with Gasteiger partial charge in [-0.15, -0.1) is 0 Å². The summed E-state index contributed by atoms with van der Waals surface area (Å²) in [4.78, 5) is 10.9. The van der Waals surface area contributed by atoms with Gasteiger partial charge in [0, 0.05) is 13.1 Å². The van der Waals surface area contributed by atoms with E-state index < -0.39 is 11.9 Å². The zero-order valence-corrected chi connectivity index (χ0v) is 8.28. The lowest BCUT2D eigenvalue weighted by atomic mass is 10.2. The van der Waals surface area contributed by atoms with Crippen molar-refractivity contribution in [1.82, 2.24) is 10.5 Å².